The molecule has 0 unspecified atom stereocenters. The fourth-order valence-electron chi connectivity index (χ4n) is 3.92. The molecule has 0 bridgehead atoms. The van der Waals surface area contributed by atoms with Gasteiger partial charge < -0.3 is 14.7 Å². The molecule has 0 atom stereocenters. The number of aromatic nitrogens is 2. The smallest absolute Gasteiger partial charge is 0.257 e. The second-order valence-corrected chi connectivity index (χ2v) is 8.19. The van der Waals surface area contributed by atoms with Crippen molar-refractivity contribution in [2.45, 2.75) is 26.2 Å². The Morgan fingerprint density at radius 2 is 2.00 bits per heavy atom. The topological polar surface area (TPSA) is 74.5 Å². The zero-order valence-electron chi connectivity index (χ0n) is 18.0. The van der Waals surface area contributed by atoms with Crippen LogP contribution in [0.3, 0.4) is 0 Å². The van der Waals surface area contributed by atoms with E-state index in [-0.39, 0.29) is 17.6 Å². The third-order valence-electron chi connectivity index (χ3n) is 5.67. The van der Waals surface area contributed by atoms with Gasteiger partial charge in [0.25, 0.3) is 11.6 Å². The largest absolute Gasteiger partial charge is 0.367 e. The number of fused-ring (bicyclic) bond motifs is 1. The first-order valence-electron chi connectivity index (χ1n) is 10.8. The van der Waals surface area contributed by atoms with Crippen molar-refractivity contribution in [2.75, 3.05) is 44.2 Å². The van der Waals surface area contributed by atoms with Crippen molar-refractivity contribution < 1.29 is 13.7 Å². The highest BCUT2D eigenvalue weighted by atomic mass is 19.1. The Morgan fingerprint density at radius 1 is 1.23 bits per heavy atom. The van der Waals surface area contributed by atoms with E-state index in [1.165, 1.54) is 12.3 Å². The third-order valence-corrected chi connectivity index (χ3v) is 5.67. The number of anilines is 1. The van der Waals surface area contributed by atoms with Crippen LogP contribution in [0, 0.1) is 5.82 Å². The maximum absolute atomic E-state index is 14.0. The Bertz CT molecular complexity index is 1040. The third kappa shape index (κ3) is 4.85. The van der Waals surface area contributed by atoms with Crippen LogP contribution in [0.2, 0.25) is 0 Å². The number of halogens is 1. The molecule has 0 radical (unpaired) electrons. The van der Waals surface area contributed by atoms with Crippen LogP contribution in [0.15, 0.2) is 41.1 Å². The first-order valence-corrected chi connectivity index (χ1v) is 10.8. The molecule has 3 heterocycles. The predicted molar refractivity (Wildman–Crippen MR) is 118 cm³/mol. The molecule has 4 rings (SSSR count). The number of amides is 1. The molecule has 0 spiro atoms. The Hall–Kier alpha value is -3.00. The van der Waals surface area contributed by atoms with Gasteiger partial charge in [-0.3, -0.25) is 9.69 Å². The molecule has 1 saturated heterocycles. The summed E-state index contributed by atoms with van der Waals surface area (Å²) in [5.41, 5.74) is 2.45. The van der Waals surface area contributed by atoms with E-state index >= 15 is 0 Å². The number of nitrogens with one attached hydrogen (secondary N) is 1. The lowest BCUT2D eigenvalue weighted by Crippen LogP contribution is -2.47. The van der Waals surface area contributed by atoms with Gasteiger partial charge in [0.15, 0.2) is 0 Å². The first kappa shape index (κ1) is 21.2. The van der Waals surface area contributed by atoms with Crippen LogP contribution in [-0.4, -0.2) is 60.2 Å². The number of para-hydroxylation sites is 1. The number of rotatable bonds is 7. The van der Waals surface area contributed by atoms with Crippen LogP contribution in [0.1, 0.15) is 42.2 Å². The highest BCUT2D eigenvalue weighted by molar-refractivity contribution is 5.97. The van der Waals surface area contributed by atoms with Crippen molar-refractivity contribution in [1.29, 1.82) is 0 Å². The maximum atomic E-state index is 14.0. The van der Waals surface area contributed by atoms with Gasteiger partial charge in [-0.1, -0.05) is 31.1 Å². The monoisotopic (exact) mass is 425 g/mol. The van der Waals surface area contributed by atoms with Gasteiger partial charge in [-0.15, -0.1) is 0 Å². The van der Waals surface area contributed by atoms with Gasteiger partial charge in [-0.2, -0.15) is 0 Å². The number of benzene rings is 1. The van der Waals surface area contributed by atoms with Gasteiger partial charge in [-0.25, -0.2) is 9.37 Å². The fraction of sp³-hybridized carbons (Fsp3) is 0.435. The molecule has 7 nitrogen and oxygen atoms in total. The van der Waals surface area contributed by atoms with Gasteiger partial charge in [0.05, 0.1) is 22.3 Å². The second kappa shape index (κ2) is 9.43. The summed E-state index contributed by atoms with van der Waals surface area (Å²) in [6.45, 7) is 8.91. The summed E-state index contributed by atoms with van der Waals surface area (Å²) in [7, 11) is 0. The number of hydrogen-bond donors (Lipinski definition) is 1. The van der Waals surface area contributed by atoms with E-state index in [0.29, 0.717) is 23.5 Å². The molecule has 2 aromatic heterocycles. The van der Waals surface area contributed by atoms with Gasteiger partial charge in [0.2, 0.25) is 0 Å². The normalized spacial score (nSPS) is 15.0. The van der Waals surface area contributed by atoms with E-state index in [9.17, 15) is 9.18 Å². The fourth-order valence-corrected chi connectivity index (χ4v) is 3.92. The summed E-state index contributed by atoms with van der Waals surface area (Å²) in [5, 5.41) is 7.81. The summed E-state index contributed by atoms with van der Waals surface area (Å²) in [4.78, 5) is 21.2. The van der Waals surface area contributed by atoms with Crippen LogP contribution in [0.25, 0.3) is 11.1 Å². The predicted octanol–water partition coefficient (Wildman–Crippen LogP) is 3.43. The minimum absolute atomic E-state index is 0.144. The van der Waals surface area contributed by atoms with Crippen molar-refractivity contribution in [3.63, 3.8) is 0 Å². The minimum atomic E-state index is -0.168. The Kier molecular flexibility index (Phi) is 6.46. The highest BCUT2D eigenvalue weighted by Gasteiger charge is 2.19. The molecule has 164 valence electrons. The molecular formula is C23H28FN5O2. The van der Waals surface area contributed by atoms with Crippen LogP contribution in [-0.2, 0) is 0 Å². The summed E-state index contributed by atoms with van der Waals surface area (Å²) < 4.78 is 19.2. The van der Waals surface area contributed by atoms with E-state index in [1.807, 2.05) is 26.0 Å². The lowest BCUT2D eigenvalue weighted by Gasteiger charge is -2.36. The van der Waals surface area contributed by atoms with Crippen LogP contribution < -0.4 is 10.2 Å². The zero-order valence-corrected chi connectivity index (χ0v) is 18.0. The number of carbonyl (C=O) groups is 1. The lowest BCUT2D eigenvalue weighted by atomic mass is 10.1. The molecule has 1 aliphatic rings. The van der Waals surface area contributed by atoms with E-state index in [0.717, 1.165) is 50.2 Å². The molecule has 1 fully saturated rings. The summed E-state index contributed by atoms with van der Waals surface area (Å²) in [6, 6.07) is 8.71. The Balaban J connectivity index is 1.22. The molecular weight excluding hydrogens is 397 g/mol. The van der Waals surface area contributed by atoms with E-state index in [1.54, 1.807) is 12.1 Å². The van der Waals surface area contributed by atoms with Crippen molar-refractivity contribution >= 4 is 22.7 Å². The van der Waals surface area contributed by atoms with Crippen molar-refractivity contribution in [3.8, 4) is 0 Å². The van der Waals surface area contributed by atoms with E-state index in [2.05, 4.69) is 25.3 Å². The number of pyridine rings is 1. The van der Waals surface area contributed by atoms with E-state index < -0.39 is 0 Å². The zero-order chi connectivity index (χ0) is 21.8. The summed E-state index contributed by atoms with van der Waals surface area (Å²) in [5.74, 6) is -0.118. The van der Waals surface area contributed by atoms with Crippen LogP contribution in [0.4, 0.5) is 10.1 Å². The molecule has 1 amide bonds. The van der Waals surface area contributed by atoms with Crippen molar-refractivity contribution in [1.82, 2.24) is 20.4 Å². The Labute approximate surface area is 181 Å². The summed E-state index contributed by atoms with van der Waals surface area (Å²) >= 11 is 0. The molecule has 1 aromatic carbocycles. The second-order valence-electron chi connectivity index (χ2n) is 8.19. The first-order chi connectivity index (χ1) is 15.0. The molecule has 0 aliphatic carbocycles. The standard InChI is InChI=1S/C23H28FN5O2/c1-16(2)21-18-14-17(15-26-23(18)31-27-21)22(30)25-8-5-9-28-10-12-29(13-11-28)20-7-4-3-6-19(20)24/h3-4,6-7,14-16H,5,8-13H2,1-2H3,(H,25,30). The number of piperazine rings is 1. The summed E-state index contributed by atoms with van der Waals surface area (Å²) in [6.07, 6.45) is 2.38. The molecule has 31 heavy (non-hydrogen) atoms. The van der Waals surface area contributed by atoms with Crippen molar-refractivity contribution in [2.24, 2.45) is 0 Å². The van der Waals surface area contributed by atoms with Gasteiger partial charge in [0.1, 0.15) is 5.82 Å². The van der Waals surface area contributed by atoms with Gasteiger partial charge in [-0.05, 0) is 37.1 Å². The molecule has 0 saturated carbocycles. The average molecular weight is 426 g/mol. The van der Waals surface area contributed by atoms with Gasteiger partial charge >= 0.3 is 0 Å². The van der Waals surface area contributed by atoms with E-state index in [4.69, 9.17) is 4.52 Å². The molecule has 1 N–H and O–H groups in total. The minimum Gasteiger partial charge on any atom is -0.367 e. The average Bonchev–Trinajstić information content (AvgIpc) is 3.21. The number of hydrogen-bond acceptors (Lipinski definition) is 6. The maximum Gasteiger partial charge on any atom is 0.257 e. The number of nitrogens with zero attached hydrogens (tertiary/aromatic N) is 4. The van der Waals surface area contributed by atoms with Crippen molar-refractivity contribution in [3.05, 3.63) is 53.6 Å². The lowest BCUT2D eigenvalue weighted by molar-refractivity contribution is 0.0951. The molecule has 8 heteroatoms. The molecule has 3 aromatic rings. The van der Waals surface area contributed by atoms with Crippen LogP contribution in [0.5, 0.6) is 0 Å². The quantitative estimate of drug-likeness (QED) is 0.585. The highest BCUT2D eigenvalue weighted by Crippen LogP contribution is 2.24. The number of carbonyl (C=O) groups excluding carboxylic acids is 1. The Morgan fingerprint density at radius 3 is 2.74 bits per heavy atom. The van der Waals surface area contributed by atoms with Crippen LogP contribution >= 0.6 is 0 Å². The van der Waals surface area contributed by atoms with Gasteiger partial charge in [0, 0.05) is 38.9 Å². The molecule has 1 aliphatic heterocycles. The SMILES string of the molecule is CC(C)c1noc2ncc(C(=O)NCCCN3CCN(c4ccccc4F)CC3)cc12.